The number of amides is 1. The first kappa shape index (κ1) is 14.5. The first-order valence-corrected chi connectivity index (χ1v) is 7.04. The lowest BCUT2D eigenvalue weighted by atomic mass is 10.0. The molecule has 0 bridgehead atoms. The number of aliphatic hydroxyl groups is 1. The molecule has 0 aromatic heterocycles. The van der Waals surface area contributed by atoms with E-state index in [0.717, 1.165) is 32.2 Å². The molecule has 0 aromatic carbocycles. The molecule has 3 atom stereocenters. The number of carbonyl (C=O) groups excluding carboxylic acids is 1. The first-order chi connectivity index (χ1) is 8.06. The molecule has 100 valence electrons. The van der Waals surface area contributed by atoms with Gasteiger partial charge in [-0.1, -0.05) is 26.7 Å². The minimum absolute atomic E-state index is 0.115. The lowest BCUT2D eigenvalue weighted by molar-refractivity contribution is -0.138. The Morgan fingerprint density at radius 1 is 1.35 bits per heavy atom. The molecule has 1 fully saturated rings. The summed E-state index contributed by atoms with van der Waals surface area (Å²) in [5.74, 6) is 0.393. The van der Waals surface area contributed by atoms with E-state index in [4.69, 9.17) is 0 Å². The van der Waals surface area contributed by atoms with Crippen molar-refractivity contribution in [2.75, 3.05) is 6.54 Å². The lowest BCUT2D eigenvalue weighted by Crippen LogP contribution is -2.43. The van der Waals surface area contributed by atoms with E-state index < -0.39 is 0 Å². The van der Waals surface area contributed by atoms with E-state index in [0.29, 0.717) is 0 Å². The lowest BCUT2D eigenvalue weighted by Gasteiger charge is -2.33. The van der Waals surface area contributed by atoms with Gasteiger partial charge in [0.25, 0.3) is 0 Å². The molecule has 3 unspecified atom stereocenters. The zero-order valence-electron chi connectivity index (χ0n) is 11.5. The Kier molecular flexibility index (Phi) is 5.96. The van der Waals surface area contributed by atoms with Gasteiger partial charge in [-0.2, -0.15) is 0 Å². The van der Waals surface area contributed by atoms with E-state index in [-0.39, 0.29) is 24.0 Å². The second kappa shape index (κ2) is 7.00. The van der Waals surface area contributed by atoms with Crippen LogP contribution in [0.2, 0.25) is 0 Å². The van der Waals surface area contributed by atoms with Crippen molar-refractivity contribution in [1.82, 2.24) is 4.90 Å². The number of nitrogens with zero attached hydrogens (tertiary/aromatic N) is 1. The van der Waals surface area contributed by atoms with E-state index in [1.54, 1.807) is 0 Å². The first-order valence-electron chi connectivity index (χ1n) is 7.04. The average molecular weight is 241 g/mol. The number of carbonyl (C=O) groups is 1. The highest BCUT2D eigenvalue weighted by atomic mass is 16.3. The van der Waals surface area contributed by atoms with Crippen LogP contribution in [0.5, 0.6) is 0 Å². The van der Waals surface area contributed by atoms with Crippen LogP contribution in [-0.2, 0) is 4.79 Å². The van der Waals surface area contributed by atoms with Gasteiger partial charge in [0, 0.05) is 18.5 Å². The summed E-state index contributed by atoms with van der Waals surface area (Å²) < 4.78 is 0. The molecule has 1 aliphatic rings. The SMILES string of the molecule is CCC(C)C(=O)N1CCCCCC1CC(C)O. The molecule has 3 heteroatoms. The number of aliphatic hydroxyl groups excluding tert-OH is 1. The smallest absolute Gasteiger partial charge is 0.225 e. The Balaban J connectivity index is 2.70. The Hall–Kier alpha value is -0.570. The van der Waals surface area contributed by atoms with Gasteiger partial charge in [0.1, 0.15) is 0 Å². The molecule has 3 nitrogen and oxygen atoms in total. The van der Waals surface area contributed by atoms with Crippen molar-refractivity contribution >= 4 is 5.91 Å². The van der Waals surface area contributed by atoms with E-state index >= 15 is 0 Å². The van der Waals surface area contributed by atoms with E-state index in [9.17, 15) is 9.90 Å². The van der Waals surface area contributed by atoms with Crippen LogP contribution >= 0.6 is 0 Å². The molecular formula is C14H27NO2. The maximum absolute atomic E-state index is 12.3. The van der Waals surface area contributed by atoms with Crippen LogP contribution in [0.3, 0.4) is 0 Å². The summed E-state index contributed by atoms with van der Waals surface area (Å²) in [5.41, 5.74) is 0. The molecule has 0 saturated carbocycles. The molecule has 0 spiro atoms. The van der Waals surface area contributed by atoms with Crippen LogP contribution in [0.4, 0.5) is 0 Å². The number of rotatable bonds is 4. The molecule has 0 radical (unpaired) electrons. The number of likely N-dealkylation sites (tertiary alicyclic amines) is 1. The topological polar surface area (TPSA) is 40.5 Å². The minimum Gasteiger partial charge on any atom is -0.393 e. The normalized spacial score (nSPS) is 25.2. The molecule has 1 saturated heterocycles. The third-order valence-electron chi connectivity index (χ3n) is 3.81. The quantitative estimate of drug-likeness (QED) is 0.822. The Labute approximate surface area is 105 Å². The highest BCUT2D eigenvalue weighted by Crippen LogP contribution is 2.23. The summed E-state index contributed by atoms with van der Waals surface area (Å²) in [5, 5.41) is 9.55. The van der Waals surface area contributed by atoms with Gasteiger partial charge in [0.05, 0.1) is 6.10 Å². The molecule has 1 amide bonds. The number of hydrogen-bond acceptors (Lipinski definition) is 2. The zero-order chi connectivity index (χ0) is 12.8. The molecule has 0 aromatic rings. The zero-order valence-corrected chi connectivity index (χ0v) is 11.5. The Bertz CT molecular complexity index is 240. The largest absolute Gasteiger partial charge is 0.393 e. The van der Waals surface area contributed by atoms with Crippen molar-refractivity contribution in [3.05, 3.63) is 0 Å². The van der Waals surface area contributed by atoms with Crippen molar-refractivity contribution in [1.29, 1.82) is 0 Å². The van der Waals surface area contributed by atoms with Gasteiger partial charge in [0.2, 0.25) is 5.91 Å². The molecule has 1 rings (SSSR count). The Morgan fingerprint density at radius 3 is 2.65 bits per heavy atom. The summed E-state index contributed by atoms with van der Waals surface area (Å²) in [6, 6.07) is 0.249. The highest BCUT2D eigenvalue weighted by molar-refractivity contribution is 5.78. The van der Waals surface area contributed by atoms with Crippen LogP contribution in [0.15, 0.2) is 0 Å². The van der Waals surface area contributed by atoms with Crippen molar-refractivity contribution < 1.29 is 9.90 Å². The third-order valence-corrected chi connectivity index (χ3v) is 3.81. The summed E-state index contributed by atoms with van der Waals surface area (Å²) in [4.78, 5) is 14.4. The summed E-state index contributed by atoms with van der Waals surface area (Å²) in [6.45, 7) is 6.76. The summed E-state index contributed by atoms with van der Waals surface area (Å²) >= 11 is 0. The van der Waals surface area contributed by atoms with Gasteiger partial charge in [-0.05, 0) is 32.6 Å². The van der Waals surface area contributed by atoms with Crippen molar-refractivity contribution in [3.8, 4) is 0 Å². The van der Waals surface area contributed by atoms with E-state index in [1.165, 1.54) is 12.8 Å². The molecule has 17 heavy (non-hydrogen) atoms. The van der Waals surface area contributed by atoms with Crippen molar-refractivity contribution in [2.24, 2.45) is 5.92 Å². The summed E-state index contributed by atoms with van der Waals surface area (Å²) in [6.07, 6.45) is 5.86. The molecule has 1 aliphatic heterocycles. The predicted octanol–water partition coefficient (Wildman–Crippen LogP) is 2.57. The maximum Gasteiger partial charge on any atom is 0.225 e. The standard InChI is InChI=1S/C14H27NO2/c1-4-11(2)14(17)15-9-7-5-6-8-13(15)10-12(3)16/h11-13,16H,4-10H2,1-3H3. The second-order valence-corrected chi connectivity index (χ2v) is 5.43. The fourth-order valence-electron chi connectivity index (χ4n) is 2.56. The second-order valence-electron chi connectivity index (χ2n) is 5.43. The third kappa shape index (κ3) is 4.30. The fraction of sp³-hybridized carbons (Fsp3) is 0.929. The Morgan fingerprint density at radius 2 is 2.06 bits per heavy atom. The molecular weight excluding hydrogens is 214 g/mol. The highest BCUT2D eigenvalue weighted by Gasteiger charge is 2.28. The minimum atomic E-state index is -0.315. The monoisotopic (exact) mass is 241 g/mol. The molecule has 0 aliphatic carbocycles. The van der Waals surface area contributed by atoms with Gasteiger partial charge in [-0.3, -0.25) is 4.79 Å². The maximum atomic E-state index is 12.3. The van der Waals surface area contributed by atoms with Gasteiger partial charge in [-0.25, -0.2) is 0 Å². The van der Waals surface area contributed by atoms with Crippen molar-refractivity contribution in [3.63, 3.8) is 0 Å². The van der Waals surface area contributed by atoms with Crippen LogP contribution in [0, 0.1) is 5.92 Å². The van der Waals surface area contributed by atoms with Gasteiger partial charge in [0.15, 0.2) is 0 Å². The van der Waals surface area contributed by atoms with Crippen LogP contribution in [0.1, 0.15) is 59.3 Å². The summed E-state index contributed by atoms with van der Waals surface area (Å²) in [7, 11) is 0. The van der Waals surface area contributed by atoms with Crippen LogP contribution in [-0.4, -0.2) is 34.6 Å². The number of hydrogen-bond donors (Lipinski definition) is 1. The van der Waals surface area contributed by atoms with E-state index in [2.05, 4.69) is 6.92 Å². The van der Waals surface area contributed by atoms with Crippen LogP contribution in [0.25, 0.3) is 0 Å². The predicted molar refractivity (Wildman–Crippen MR) is 69.7 cm³/mol. The van der Waals surface area contributed by atoms with Crippen LogP contribution < -0.4 is 0 Å². The van der Waals surface area contributed by atoms with E-state index in [1.807, 2.05) is 18.7 Å². The van der Waals surface area contributed by atoms with Gasteiger partial charge >= 0.3 is 0 Å². The van der Waals surface area contributed by atoms with Gasteiger partial charge < -0.3 is 10.0 Å². The molecule has 1 N–H and O–H groups in total. The van der Waals surface area contributed by atoms with Crippen molar-refractivity contribution in [2.45, 2.75) is 71.4 Å². The molecule has 1 heterocycles. The van der Waals surface area contributed by atoms with Gasteiger partial charge in [-0.15, -0.1) is 0 Å². The average Bonchev–Trinajstić information content (AvgIpc) is 2.51. The fourth-order valence-corrected chi connectivity index (χ4v) is 2.56.